The van der Waals surface area contributed by atoms with Crippen LogP contribution in [0, 0.1) is 17.3 Å². The van der Waals surface area contributed by atoms with E-state index in [2.05, 4.69) is 18.7 Å². The molecule has 0 spiro atoms. The van der Waals surface area contributed by atoms with Crippen molar-refractivity contribution in [3.63, 3.8) is 0 Å². The lowest BCUT2D eigenvalue weighted by Crippen LogP contribution is -2.51. The molecule has 1 saturated carbocycles. The number of likely N-dealkylation sites (tertiary alicyclic amines) is 1. The Hall–Kier alpha value is -0.570. The molecule has 2 fully saturated rings. The molecule has 1 heterocycles. The number of nitrogens with zero attached hydrogens (tertiary/aromatic N) is 1. The molecule has 0 aromatic rings. The number of ether oxygens (including phenoxy) is 1. The number of hydrogen-bond donors (Lipinski definition) is 0. The first-order valence-electron chi connectivity index (χ1n) is 7.33. The molecule has 3 heteroatoms. The van der Waals surface area contributed by atoms with Gasteiger partial charge < -0.3 is 9.64 Å². The molecule has 0 unspecified atom stereocenters. The van der Waals surface area contributed by atoms with Crippen molar-refractivity contribution in [2.75, 3.05) is 26.7 Å². The summed E-state index contributed by atoms with van der Waals surface area (Å²) in [5.41, 5.74) is 0.297. The average Bonchev–Trinajstić information content (AvgIpc) is 2.38. The normalized spacial score (nSPS) is 31.7. The SMILES string of the molecule is COC(=O)C[C@H]1C[C@@H](CN2CCCCC2)C1(C)C. The van der Waals surface area contributed by atoms with E-state index in [4.69, 9.17) is 4.74 Å². The molecule has 2 atom stereocenters. The Kier molecular flexibility index (Phi) is 4.31. The van der Waals surface area contributed by atoms with Crippen LogP contribution in [0.5, 0.6) is 0 Å². The Morgan fingerprint density at radius 3 is 2.44 bits per heavy atom. The predicted molar refractivity (Wildman–Crippen MR) is 72.3 cm³/mol. The number of hydrogen-bond acceptors (Lipinski definition) is 3. The first kappa shape index (κ1) is 13.9. The van der Waals surface area contributed by atoms with Gasteiger partial charge in [-0.25, -0.2) is 0 Å². The average molecular weight is 253 g/mol. The maximum absolute atomic E-state index is 11.4. The van der Waals surface area contributed by atoms with Crippen LogP contribution in [0.1, 0.15) is 46.0 Å². The van der Waals surface area contributed by atoms with E-state index >= 15 is 0 Å². The molecule has 0 radical (unpaired) electrons. The van der Waals surface area contributed by atoms with Crippen LogP contribution in [0.15, 0.2) is 0 Å². The highest BCUT2D eigenvalue weighted by atomic mass is 16.5. The number of carbonyl (C=O) groups excluding carboxylic acids is 1. The highest BCUT2D eigenvalue weighted by Crippen LogP contribution is 2.53. The molecule has 0 amide bonds. The fourth-order valence-electron chi connectivity index (χ4n) is 3.52. The topological polar surface area (TPSA) is 29.5 Å². The summed E-state index contributed by atoms with van der Waals surface area (Å²) in [6.07, 6.45) is 5.91. The minimum atomic E-state index is -0.0514. The summed E-state index contributed by atoms with van der Waals surface area (Å²) in [4.78, 5) is 14.0. The Morgan fingerprint density at radius 2 is 1.89 bits per heavy atom. The van der Waals surface area contributed by atoms with E-state index in [1.165, 1.54) is 52.4 Å². The van der Waals surface area contributed by atoms with Gasteiger partial charge >= 0.3 is 5.97 Å². The third-order valence-electron chi connectivity index (χ3n) is 5.24. The van der Waals surface area contributed by atoms with Crippen molar-refractivity contribution >= 4 is 5.97 Å². The van der Waals surface area contributed by atoms with Crippen LogP contribution in [0.25, 0.3) is 0 Å². The Morgan fingerprint density at radius 1 is 1.22 bits per heavy atom. The van der Waals surface area contributed by atoms with Crippen molar-refractivity contribution in [3.05, 3.63) is 0 Å². The van der Waals surface area contributed by atoms with Crippen LogP contribution in [-0.2, 0) is 9.53 Å². The summed E-state index contributed by atoms with van der Waals surface area (Å²) < 4.78 is 4.79. The zero-order chi connectivity index (χ0) is 13.2. The molecule has 2 rings (SSSR count). The molecule has 1 saturated heterocycles. The lowest BCUT2D eigenvalue weighted by molar-refractivity contribution is -0.147. The van der Waals surface area contributed by atoms with Gasteiger partial charge in [0.05, 0.1) is 7.11 Å². The molecule has 0 aromatic heterocycles. The van der Waals surface area contributed by atoms with E-state index in [0.717, 1.165) is 5.92 Å². The largest absolute Gasteiger partial charge is 0.469 e. The number of methoxy groups -OCH3 is 1. The van der Waals surface area contributed by atoms with Crippen LogP contribution in [0.4, 0.5) is 0 Å². The quantitative estimate of drug-likeness (QED) is 0.721. The number of esters is 1. The standard InChI is InChI=1S/C15H27NO2/c1-15(2)12(10-14(17)18-3)9-13(15)11-16-7-5-4-6-8-16/h12-13H,4-11H2,1-3H3/t12-,13+/m1/s1. The van der Waals surface area contributed by atoms with Gasteiger partial charge in [0.1, 0.15) is 0 Å². The zero-order valence-electron chi connectivity index (χ0n) is 12.1. The maximum atomic E-state index is 11.4. The second-order valence-electron chi connectivity index (χ2n) is 6.59. The van der Waals surface area contributed by atoms with Crippen molar-refractivity contribution in [2.24, 2.45) is 17.3 Å². The highest BCUT2D eigenvalue weighted by Gasteiger charge is 2.48. The maximum Gasteiger partial charge on any atom is 0.305 e. The lowest BCUT2D eigenvalue weighted by atomic mass is 9.53. The molecule has 0 aromatic carbocycles. The lowest BCUT2D eigenvalue weighted by Gasteiger charge is -2.53. The van der Waals surface area contributed by atoms with Gasteiger partial charge in [-0.3, -0.25) is 4.79 Å². The Bertz CT molecular complexity index is 295. The molecular weight excluding hydrogens is 226 g/mol. The van der Waals surface area contributed by atoms with E-state index in [9.17, 15) is 4.79 Å². The van der Waals surface area contributed by atoms with Gasteiger partial charge in [-0.2, -0.15) is 0 Å². The van der Waals surface area contributed by atoms with Crippen LogP contribution in [0.2, 0.25) is 0 Å². The Balaban J connectivity index is 1.80. The fourth-order valence-corrected chi connectivity index (χ4v) is 3.52. The molecular formula is C15H27NO2. The van der Waals surface area contributed by atoms with Gasteiger partial charge in [-0.15, -0.1) is 0 Å². The van der Waals surface area contributed by atoms with Gasteiger partial charge in [0.25, 0.3) is 0 Å². The summed E-state index contributed by atoms with van der Waals surface area (Å²) in [7, 11) is 1.49. The van der Waals surface area contributed by atoms with Crippen molar-refractivity contribution < 1.29 is 9.53 Å². The molecule has 0 bridgehead atoms. The van der Waals surface area contributed by atoms with Gasteiger partial charge in [-0.05, 0) is 49.6 Å². The van der Waals surface area contributed by atoms with Gasteiger partial charge in [0.15, 0.2) is 0 Å². The molecule has 104 valence electrons. The van der Waals surface area contributed by atoms with Crippen molar-refractivity contribution in [3.8, 4) is 0 Å². The number of piperidine rings is 1. The Labute approximate surface area is 111 Å². The van der Waals surface area contributed by atoms with Crippen LogP contribution in [-0.4, -0.2) is 37.6 Å². The van der Waals surface area contributed by atoms with Crippen molar-refractivity contribution in [2.45, 2.75) is 46.0 Å². The van der Waals surface area contributed by atoms with Gasteiger partial charge in [0, 0.05) is 13.0 Å². The van der Waals surface area contributed by atoms with Crippen LogP contribution in [0.3, 0.4) is 0 Å². The van der Waals surface area contributed by atoms with Crippen molar-refractivity contribution in [1.29, 1.82) is 0 Å². The number of carbonyl (C=O) groups is 1. The number of rotatable bonds is 4. The molecule has 18 heavy (non-hydrogen) atoms. The highest BCUT2D eigenvalue weighted by molar-refractivity contribution is 5.69. The summed E-state index contributed by atoms with van der Waals surface area (Å²) in [5, 5.41) is 0. The second kappa shape index (κ2) is 5.60. The minimum Gasteiger partial charge on any atom is -0.469 e. The van der Waals surface area contributed by atoms with E-state index < -0.39 is 0 Å². The molecule has 3 nitrogen and oxygen atoms in total. The summed E-state index contributed by atoms with van der Waals surface area (Å²) in [6.45, 7) is 8.41. The third kappa shape index (κ3) is 2.87. The van der Waals surface area contributed by atoms with Crippen LogP contribution < -0.4 is 0 Å². The second-order valence-corrected chi connectivity index (χ2v) is 6.59. The van der Waals surface area contributed by atoms with E-state index in [-0.39, 0.29) is 5.97 Å². The molecule has 2 aliphatic rings. The summed E-state index contributed by atoms with van der Waals surface area (Å²) in [5.74, 6) is 1.22. The monoisotopic (exact) mass is 253 g/mol. The first-order chi connectivity index (χ1) is 8.54. The van der Waals surface area contributed by atoms with Crippen molar-refractivity contribution in [1.82, 2.24) is 4.90 Å². The van der Waals surface area contributed by atoms with Gasteiger partial charge in [0.2, 0.25) is 0 Å². The summed E-state index contributed by atoms with van der Waals surface area (Å²) in [6, 6.07) is 0. The predicted octanol–water partition coefficient (Wildman–Crippen LogP) is 2.70. The van der Waals surface area contributed by atoms with Crippen LogP contribution >= 0.6 is 0 Å². The minimum absolute atomic E-state index is 0.0514. The molecule has 0 N–H and O–H groups in total. The van der Waals surface area contributed by atoms with E-state index in [1.54, 1.807) is 0 Å². The summed E-state index contributed by atoms with van der Waals surface area (Å²) >= 11 is 0. The first-order valence-corrected chi connectivity index (χ1v) is 7.33. The fraction of sp³-hybridized carbons (Fsp3) is 0.933. The zero-order valence-corrected chi connectivity index (χ0v) is 12.1. The molecule has 1 aliphatic carbocycles. The third-order valence-corrected chi connectivity index (χ3v) is 5.24. The van der Waals surface area contributed by atoms with E-state index in [1.807, 2.05) is 0 Å². The van der Waals surface area contributed by atoms with E-state index in [0.29, 0.717) is 17.8 Å². The van der Waals surface area contributed by atoms with Gasteiger partial charge in [-0.1, -0.05) is 20.3 Å². The molecule has 1 aliphatic heterocycles. The smallest absolute Gasteiger partial charge is 0.305 e.